The van der Waals surface area contributed by atoms with Crippen LogP contribution in [-0.4, -0.2) is 19.6 Å². The van der Waals surface area contributed by atoms with Crippen LogP contribution in [-0.2, 0) is 0 Å². The highest BCUT2D eigenvalue weighted by molar-refractivity contribution is 9.10. The molecule has 0 amide bonds. The van der Waals surface area contributed by atoms with Crippen LogP contribution in [0.15, 0.2) is 22.7 Å². The second kappa shape index (κ2) is 8.19. The van der Waals surface area contributed by atoms with Crippen LogP contribution < -0.4 is 10.2 Å². The molecular formula is C18H29BrN2. The van der Waals surface area contributed by atoms with E-state index in [4.69, 9.17) is 0 Å². The minimum atomic E-state index is 0.401. The molecule has 3 heteroatoms. The van der Waals surface area contributed by atoms with Crippen LogP contribution in [0.3, 0.4) is 0 Å². The lowest BCUT2D eigenvalue weighted by Gasteiger charge is -2.34. The Labute approximate surface area is 138 Å². The Kier molecular flexibility index (Phi) is 6.56. The highest BCUT2D eigenvalue weighted by atomic mass is 79.9. The number of nitrogens with one attached hydrogen (secondary N) is 1. The van der Waals surface area contributed by atoms with Crippen LogP contribution in [0.2, 0.25) is 0 Å². The summed E-state index contributed by atoms with van der Waals surface area (Å²) in [5, 5.41) is 3.56. The van der Waals surface area contributed by atoms with E-state index in [9.17, 15) is 0 Å². The maximum absolute atomic E-state index is 3.77. The van der Waals surface area contributed by atoms with Crippen LogP contribution in [0.5, 0.6) is 0 Å². The van der Waals surface area contributed by atoms with Gasteiger partial charge in [0.1, 0.15) is 0 Å². The van der Waals surface area contributed by atoms with Gasteiger partial charge in [0.2, 0.25) is 0 Å². The van der Waals surface area contributed by atoms with E-state index >= 15 is 0 Å². The zero-order valence-corrected chi connectivity index (χ0v) is 15.2. The summed E-state index contributed by atoms with van der Waals surface area (Å²) in [6.45, 7) is 10.2. The number of anilines is 1. The molecule has 1 aliphatic rings. The molecule has 1 aromatic rings. The first kappa shape index (κ1) is 16.8. The molecular weight excluding hydrogens is 324 g/mol. The number of nitrogens with zero attached hydrogens (tertiary/aromatic N) is 1. The first-order valence-electron chi connectivity index (χ1n) is 8.43. The molecule has 2 rings (SSSR count). The summed E-state index contributed by atoms with van der Waals surface area (Å²) >= 11 is 3.77. The molecule has 2 nitrogen and oxygen atoms in total. The van der Waals surface area contributed by atoms with Gasteiger partial charge >= 0.3 is 0 Å². The molecule has 1 saturated heterocycles. The smallest absolute Gasteiger partial charge is 0.0377 e. The van der Waals surface area contributed by atoms with Gasteiger partial charge in [0.05, 0.1) is 0 Å². The number of halogens is 1. The molecule has 1 N–H and O–H groups in total. The number of hydrogen-bond acceptors (Lipinski definition) is 2. The molecule has 1 aliphatic heterocycles. The fraction of sp³-hybridized carbons (Fsp3) is 0.667. The van der Waals surface area contributed by atoms with Gasteiger partial charge in [-0.3, -0.25) is 0 Å². The molecule has 0 aromatic heterocycles. The fourth-order valence-corrected chi connectivity index (χ4v) is 3.88. The molecule has 1 heterocycles. The second-order valence-electron chi connectivity index (χ2n) is 6.24. The SMILES string of the molecule is CCCNC(C)c1ccc(N2CCCC(CC)C2)cc1Br. The zero-order chi connectivity index (χ0) is 15.2. The van der Waals surface area contributed by atoms with Crippen LogP contribution in [0.1, 0.15) is 58.1 Å². The molecule has 0 saturated carbocycles. The monoisotopic (exact) mass is 352 g/mol. The summed E-state index contributed by atoms with van der Waals surface area (Å²) in [4.78, 5) is 2.55. The largest absolute Gasteiger partial charge is 0.371 e. The summed E-state index contributed by atoms with van der Waals surface area (Å²) in [6, 6.07) is 7.28. The minimum Gasteiger partial charge on any atom is -0.371 e. The Morgan fingerprint density at radius 3 is 2.86 bits per heavy atom. The lowest BCUT2D eigenvalue weighted by atomic mass is 9.95. The van der Waals surface area contributed by atoms with Gasteiger partial charge in [-0.15, -0.1) is 0 Å². The van der Waals surface area contributed by atoms with Crippen molar-refractivity contribution in [2.24, 2.45) is 5.92 Å². The molecule has 118 valence electrons. The van der Waals surface area contributed by atoms with E-state index in [1.165, 1.54) is 54.5 Å². The van der Waals surface area contributed by atoms with Crippen molar-refractivity contribution in [1.29, 1.82) is 0 Å². The van der Waals surface area contributed by atoms with Crippen molar-refractivity contribution in [3.63, 3.8) is 0 Å². The van der Waals surface area contributed by atoms with E-state index in [2.05, 4.69) is 65.1 Å². The van der Waals surface area contributed by atoms with E-state index in [1.807, 2.05) is 0 Å². The third-order valence-corrected chi connectivity index (χ3v) is 5.30. The van der Waals surface area contributed by atoms with Gasteiger partial charge in [0.25, 0.3) is 0 Å². The minimum absolute atomic E-state index is 0.401. The molecule has 2 unspecified atom stereocenters. The average molecular weight is 353 g/mol. The lowest BCUT2D eigenvalue weighted by molar-refractivity contribution is 0.404. The number of benzene rings is 1. The van der Waals surface area contributed by atoms with Gasteiger partial charge in [-0.25, -0.2) is 0 Å². The molecule has 0 aliphatic carbocycles. The molecule has 21 heavy (non-hydrogen) atoms. The summed E-state index contributed by atoms with van der Waals surface area (Å²) in [5.74, 6) is 0.863. The van der Waals surface area contributed by atoms with Crippen molar-refractivity contribution >= 4 is 21.6 Å². The predicted octanol–water partition coefficient (Wildman–Crippen LogP) is 5.14. The van der Waals surface area contributed by atoms with Gasteiger partial charge < -0.3 is 10.2 Å². The van der Waals surface area contributed by atoms with Crippen molar-refractivity contribution in [3.8, 4) is 0 Å². The molecule has 0 bridgehead atoms. The van der Waals surface area contributed by atoms with Crippen LogP contribution in [0.25, 0.3) is 0 Å². The number of rotatable bonds is 6. The summed E-state index contributed by atoms with van der Waals surface area (Å²) < 4.78 is 1.23. The van der Waals surface area contributed by atoms with Gasteiger partial charge in [-0.05, 0) is 56.3 Å². The van der Waals surface area contributed by atoms with Crippen molar-refractivity contribution in [2.45, 2.75) is 52.5 Å². The van der Waals surface area contributed by atoms with Crippen LogP contribution in [0.4, 0.5) is 5.69 Å². The normalized spacial score (nSPS) is 20.6. The predicted molar refractivity (Wildman–Crippen MR) is 96.1 cm³/mol. The van der Waals surface area contributed by atoms with Gasteiger partial charge in [0, 0.05) is 29.3 Å². The maximum atomic E-state index is 3.77. The highest BCUT2D eigenvalue weighted by Gasteiger charge is 2.19. The van der Waals surface area contributed by atoms with Crippen molar-refractivity contribution < 1.29 is 0 Å². The average Bonchev–Trinajstić information content (AvgIpc) is 2.52. The molecule has 0 radical (unpaired) electrons. The third-order valence-electron chi connectivity index (χ3n) is 4.61. The summed E-state index contributed by atoms with van der Waals surface area (Å²) in [5.41, 5.74) is 2.72. The Morgan fingerprint density at radius 2 is 2.19 bits per heavy atom. The van der Waals surface area contributed by atoms with Gasteiger partial charge in [0.15, 0.2) is 0 Å². The van der Waals surface area contributed by atoms with E-state index in [-0.39, 0.29) is 0 Å². The highest BCUT2D eigenvalue weighted by Crippen LogP contribution is 2.31. The molecule has 1 fully saturated rings. The third kappa shape index (κ3) is 4.46. The van der Waals surface area contributed by atoms with Crippen LogP contribution >= 0.6 is 15.9 Å². The second-order valence-corrected chi connectivity index (χ2v) is 7.10. The van der Waals surface area contributed by atoms with E-state index in [0.717, 1.165) is 12.5 Å². The van der Waals surface area contributed by atoms with Gasteiger partial charge in [-0.2, -0.15) is 0 Å². The number of hydrogen-bond donors (Lipinski definition) is 1. The van der Waals surface area contributed by atoms with E-state index in [0.29, 0.717) is 6.04 Å². The van der Waals surface area contributed by atoms with Crippen LogP contribution in [0, 0.1) is 5.92 Å². The Balaban J connectivity index is 2.07. The van der Waals surface area contributed by atoms with Crippen molar-refractivity contribution in [2.75, 3.05) is 24.5 Å². The Hall–Kier alpha value is -0.540. The van der Waals surface area contributed by atoms with Crippen molar-refractivity contribution in [1.82, 2.24) is 5.32 Å². The first-order valence-corrected chi connectivity index (χ1v) is 9.22. The van der Waals surface area contributed by atoms with E-state index in [1.54, 1.807) is 0 Å². The van der Waals surface area contributed by atoms with Crippen molar-refractivity contribution in [3.05, 3.63) is 28.2 Å². The summed E-state index contributed by atoms with van der Waals surface area (Å²) in [6.07, 6.45) is 5.19. The molecule has 2 atom stereocenters. The topological polar surface area (TPSA) is 15.3 Å². The lowest BCUT2D eigenvalue weighted by Crippen LogP contribution is -2.35. The standard InChI is InChI=1S/C18H29BrN2/c1-4-10-20-14(3)17-9-8-16(12-18(17)19)21-11-6-7-15(5-2)13-21/h8-9,12,14-15,20H,4-7,10-11,13H2,1-3H3. The molecule has 1 aromatic carbocycles. The zero-order valence-electron chi connectivity index (χ0n) is 13.7. The first-order chi connectivity index (χ1) is 10.2. The molecule has 0 spiro atoms. The fourth-order valence-electron chi connectivity index (χ4n) is 3.17. The number of piperidine rings is 1. The summed E-state index contributed by atoms with van der Waals surface area (Å²) in [7, 11) is 0. The quantitative estimate of drug-likeness (QED) is 0.762. The Bertz CT molecular complexity index is 447. The Morgan fingerprint density at radius 1 is 1.38 bits per heavy atom. The maximum Gasteiger partial charge on any atom is 0.0377 e. The van der Waals surface area contributed by atoms with Gasteiger partial charge in [-0.1, -0.05) is 42.3 Å². The van der Waals surface area contributed by atoms with E-state index < -0.39 is 0 Å².